The van der Waals surface area contributed by atoms with Gasteiger partial charge in [0.1, 0.15) is 5.75 Å². The zero-order chi connectivity index (χ0) is 12.4. The molecule has 0 bridgehead atoms. The highest BCUT2D eigenvalue weighted by atomic mass is 32.2. The van der Waals surface area contributed by atoms with Gasteiger partial charge < -0.3 is 9.84 Å². The van der Waals surface area contributed by atoms with Gasteiger partial charge in [-0.15, -0.1) is 0 Å². The van der Waals surface area contributed by atoms with Crippen LogP contribution in [0.15, 0.2) is 24.3 Å². The van der Waals surface area contributed by atoms with Gasteiger partial charge in [-0.25, -0.2) is 0 Å². The predicted molar refractivity (Wildman–Crippen MR) is 75.1 cm³/mol. The summed E-state index contributed by atoms with van der Waals surface area (Å²) in [6.45, 7) is 0. The number of rotatable bonds is 4. The third kappa shape index (κ3) is 3.01. The lowest BCUT2D eigenvalue weighted by Gasteiger charge is -2.26. The Bertz CT molecular complexity index is 397. The maximum absolute atomic E-state index is 10.4. The first-order valence-electron chi connectivity index (χ1n) is 6.89. The van der Waals surface area contributed by atoms with Gasteiger partial charge >= 0.3 is 0 Å². The van der Waals surface area contributed by atoms with E-state index in [2.05, 4.69) is 0 Å². The van der Waals surface area contributed by atoms with Crippen LogP contribution in [0.5, 0.6) is 5.75 Å². The van der Waals surface area contributed by atoms with Gasteiger partial charge in [-0.05, 0) is 49.1 Å². The van der Waals surface area contributed by atoms with E-state index >= 15 is 0 Å². The van der Waals surface area contributed by atoms with Crippen molar-refractivity contribution in [2.45, 2.75) is 49.6 Å². The molecule has 1 aliphatic heterocycles. The molecule has 98 valence electrons. The lowest BCUT2D eigenvalue weighted by Crippen LogP contribution is -2.19. The molecule has 1 aromatic rings. The van der Waals surface area contributed by atoms with Crippen molar-refractivity contribution in [2.75, 3.05) is 5.75 Å². The second-order valence-electron chi connectivity index (χ2n) is 5.24. The fraction of sp³-hybridized carbons (Fsp3) is 0.600. The molecule has 1 heterocycles. The molecular formula is C15H20O2S. The third-order valence-corrected chi connectivity index (χ3v) is 5.04. The Labute approximate surface area is 113 Å². The van der Waals surface area contributed by atoms with E-state index in [1.54, 1.807) is 0 Å². The smallest absolute Gasteiger partial charge is 0.120 e. The van der Waals surface area contributed by atoms with Crippen molar-refractivity contribution < 1.29 is 9.84 Å². The zero-order valence-corrected chi connectivity index (χ0v) is 11.4. The molecular weight excluding hydrogens is 244 g/mol. The van der Waals surface area contributed by atoms with Crippen LogP contribution in [0.25, 0.3) is 0 Å². The minimum atomic E-state index is -0.349. The van der Waals surface area contributed by atoms with Gasteiger partial charge in [-0.2, -0.15) is 11.8 Å². The normalized spacial score (nSPS) is 25.7. The van der Waals surface area contributed by atoms with Crippen molar-refractivity contribution in [3.05, 3.63) is 29.8 Å². The van der Waals surface area contributed by atoms with Crippen LogP contribution >= 0.6 is 11.8 Å². The van der Waals surface area contributed by atoms with Gasteiger partial charge in [0, 0.05) is 5.25 Å². The highest BCUT2D eigenvalue weighted by molar-refractivity contribution is 7.99. The molecule has 0 radical (unpaired) electrons. The van der Waals surface area contributed by atoms with E-state index in [1.165, 1.54) is 31.4 Å². The van der Waals surface area contributed by atoms with Gasteiger partial charge in [0.25, 0.3) is 0 Å². The van der Waals surface area contributed by atoms with Crippen LogP contribution in [0, 0.1) is 0 Å². The fourth-order valence-corrected chi connectivity index (χ4v) is 3.73. The summed E-state index contributed by atoms with van der Waals surface area (Å²) in [6.07, 6.45) is 6.07. The molecule has 3 rings (SSSR count). The first kappa shape index (κ1) is 12.4. The summed E-state index contributed by atoms with van der Waals surface area (Å²) in [5.74, 6) is 2.09. The second-order valence-corrected chi connectivity index (χ2v) is 6.59. The average molecular weight is 264 g/mol. The van der Waals surface area contributed by atoms with Gasteiger partial charge in [0.05, 0.1) is 12.2 Å². The first-order valence-corrected chi connectivity index (χ1v) is 7.94. The van der Waals surface area contributed by atoms with E-state index in [9.17, 15) is 5.11 Å². The van der Waals surface area contributed by atoms with Crippen molar-refractivity contribution in [1.82, 2.24) is 0 Å². The third-order valence-electron chi connectivity index (χ3n) is 3.59. The molecule has 0 amide bonds. The molecule has 2 unspecified atom stereocenters. The Morgan fingerprint density at radius 3 is 2.83 bits per heavy atom. The highest BCUT2D eigenvalue weighted by Crippen LogP contribution is 2.36. The molecule has 2 aliphatic rings. The molecule has 1 saturated heterocycles. The molecule has 0 spiro atoms. The molecule has 2 nitrogen and oxygen atoms in total. The quantitative estimate of drug-likeness (QED) is 0.902. The van der Waals surface area contributed by atoms with E-state index in [4.69, 9.17) is 4.74 Å². The second kappa shape index (κ2) is 5.54. The molecule has 0 aromatic heterocycles. The number of aliphatic hydroxyl groups is 1. The maximum Gasteiger partial charge on any atom is 0.120 e. The average Bonchev–Trinajstić information content (AvgIpc) is 3.23. The highest BCUT2D eigenvalue weighted by Gasteiger charge is 2.26. The molecule has 18 heavy (non-hydrogen) atoms. The van der Waals surface area contributed by atoms with E-state index < -0.39 is 0 Å². The van der Waals surface area contributed by atoms with Crippen LogP contribution in [-0.4, -0.2) is 22.2 Å². The van der Waals surface area contributed by atoms with Gasteiger partial charge in [0.2, 0.25) is 0 Å². The number of thioether (sulfide) groups is 1. The number of benzene rings is 1. The van der Waals surface area contributed by atoms with E-state index in [1.807, 2.05) is 36.0 Å². The first-order chi connectivity index (χ1) is 8.83. The molecule has 2 atom stereocenters. The van der Waals surface area contributed by atoms with Gasteiger partial charge in [-0.3, -0.25) is 0 Å². The van der Waals surface area contributed by atoms with Crippen molar-refractivity contribution in [3.8, 4) is 5.75 Å². The zero-order valence-electron chi connectivity index (χ0n) is 10.5. The van der Waals surface area contributed by atoms with Crippen LogP contribution in [0.3, 0.4) is 0 Å². The summed E-state index contributed by atoms with van der Waals surface area (Å²) in [5, 5.41) is 10.8. The van der Waals surface area contributed by atoms with Crippen LogP contribution in [0.1, 0.15) is 43.8 Å². The molecule has 2 fully saturated rings. The van der Waals surface area contributed by atoms with Crippen LogP contribution < -0.4 is 4.74 Å². The van der Waals surface area contributed by atoms with Crippen LogP contribution in [0.4, 0.5) is 0 Å². The van der Waals surface area contributed by atoms with Gasteiger partial charge in [-0.1, -0.05) is 18.6 Å². The number of hydrogen-bond acceptors (Lipinski definition) is 3. The number of aliphatic hydroxyl groups excluding tert-OH is 1. The predicted octanol–water partition coefficient (Wildman–Crippen LogP) is 3.55. The standard InChI is InChI=1S/C15H20O2S/c16-15(14-6-1-2-9-18-14)11-4-3-5-13(10-11)17-12-7-8-12/h3-5,10,12,14-16H,1-2,6-9H2. The molecule has 1 N–H and O–H groups in total. The Balaban J connectivity index is 1.69. The maximum atomic E-state index is 10.4. The SMILES string of the molecule is OC(c1cccc(OC2CC2)c1)C1CCCCS1. The topological polar surface area (TPSA) is 29.5 Å². The monoisotopic (exact) mass is 264 g/mol. The van der Waals surface area contributed by atoms with Crippen LogP contribution in [0.2, 0.25) is 0 Å². The van der Waals surface area contributed by atoms with Crippen molar-refractivity contribution in [2.24, 2.45) is 0 Å². The summed E-state index contributed by atoms with van der Waals surface area (Å²) in [4.78, 5) is 0. The fourth-order valence-electron chi connectivity index (χ4n) is 2.38. The molecule has 1 aliphatic carbocycles. The Hall–Kier alpha value is -0.670. The Kier molecular flexibility index (Phi) is 3.80. The Morgan fingerprint density at radius 1 is 1.22 bits per heavy atom. The van der Waals surface area contributed by atoms with E-state index in [-0.39, 0.29) is 6.10 Å². The number of hydrogen-bond donors (Lipinski definition) is 1. The summed E-state index contributed by atoms with van der Waals surface area (Å²) in [7, 11) is 0. The molecule has 1 aromatic carbocycles. The molecule has 3 heteroatoms. The lowest BCUT2D eigenvalue weighted by atomic mass is 10.0. The van der Waals surface area contributed by atoms with Crippen molar-refractivity contribution >= 4 is 11.8 Å². The Morgan fingerprint density at radius 2 is 2.11 bits per heavy atom. The minimum Gasteiger partial charge on any atom is -0.490 e. The van der Waals surface area contributed by atoms with E-state index in [0.717, 1.165) is 17.7 Å². The summed E-state index contributed by atoms with van der Waals surface area (Å²) in [5.41, 5.74) is 1.01. The van der Waals surface area contributed by atoms with E-state index in [0.29, 0.717) is 11.4 Å². The summed E-state index contributed by atoms with van der Waals surface area (Å²) < 4.78 is 5.79. The largest absolute Gasteiger partial charge is 0.490 e. The van der Waals surface area contributed by atoms with Crippen molar-refractivity contribution in [1.29, 1.82) is 0 Å². The van der Waals surface area contributed by atoms with Gasteiger partial charge in [0.15, 0.2) is 0 Å². The lowest BCUT2D eigenvalue weighted by molar-refractivity contribution is 0.168. The number of ether oxygens (including phenoxy) is 1. The molecule has 1 saturated carbocycles. The van der Waals surface area contributed by atoms with Crippen molar-refractivity contribution in [3.63, 3.8) is 0 Å². The minimum absolute atomic E-state index is 0.349. The van der Waals surface area contributed by atoms with Crippen LogP contribution in [-0.2, 0) is 0 Å². The summed E-state index contributed by atoms with van der Waals surface area (Å²) in [6, 6.07) is 8.00. The summed E-state index contributed by atoms with van der Waals surface area (Å²) >= 11 is 1.91.